The maximum atomic E-state index is 9.03. The van der Waals surface area contributed by atoms with E-state index in [-0.39, 0.29) is 5.41 Å². The molecule has 0 spiro atoms. The van der Waals surface area contributed by atoms with E-state index >= 15 is 0 Å². The van der Waals surface area contributed by atoms with Gasteiger partial charge in [0.2, 0.25) is 0 Å². The molecule has 0 fully saturated rings. The first-order valence-electron chi connectivity index (χ1n) is 6.52. The van der Waals surface area contributed by atoms with Crippen molar-refractivity contribution in [2.75, 3.05) is 5.75 Å². The second-order valence-corrected chi connectivity index (χ2v) is 7.77. The first kappa shape index (κ1) is 17.1. The summed E-state index contributed by atoms with van der Waals surface area (Å²) in [6, 6.07) is 0. The molecule has 0 aliphatic heterocycles. The van der Waals surface area contributed by atoms with Gasteiger partial charge in [0, 0.05) is 5.75 Å². The molecule has 0 amide bonds. The van der Waals surface area contributed by atoms with Crippen LogP contribution in [0.2, 0.25) is 0 Å². The van der Waals surface area contributed by atoms with Crippen LogP contribution in [0.3, 0.4) is 0 Å². The van der Waals surface area contributed by atoms with Crippen LogP contribution in [0.4, 0.5) is 0 Å². The molecule has 0 aromatic rings. The van der Waals surface area contributed by atoms with Crippen LogP contribution < -0.4 is 0 Å². The van der Waals surface area contributed by atoms with Gasteiger partial charge in [-0.2, -0.15) is 0 Å². The fourth-order valence-electron chi connectivity index (χ4n) is 1.50. The van der Waals surface area contributed by atoms with E-state index in [4.69, 9.17) is 4.55 Å². The summed E-state index contributed by atoms with van der Waals surface area (Å²) in [6.45, 7) is 15.8. The number of hydrogen-bond acceptors (Lipinski definition) is 2. The third-order valence-electron chi connectivity index (χ3n) is 3.71. The molecule has 0 saturated carbocycles. The van der Waals surface area contributed by atoms with Gasteiger partial charge in [0.1, 0.15) is 0 Å². The standard InChI is InChI=1S/C15H30OS/c1-12(14(2,3)4)9-8-10-13(11-17-16)15(5,6)7/h8-9,12-13,16H,10-11H2,1-7H3/b9-8-. The molecule has 2 heteroatoms. The molecular formula is C15H30OS. The van der Waals surface area contributed by atoms with Crippen LogP contribution in [0.5, 0.6) is 0 Å². The second-order valence-electron chi connectivity index (χ2n) is 7.18. The average molecular weight is 258 g/mol. The minimum absolute atomic E-state index is 0.255. The van der Waals surface area contributed by atoms with Gasteiger partial charge >= 0.3 is 0 Å². The highest BCUT2D eigenvalue weighted by Gasteiger charge is 2.23. The normalized spacial score (nSPS) is 17.4. The van der Waals surface area contributed by atoms with Crippen LogP contribution in [0.25, 0.3) is 0 Å². The molecule has 0 saturated heterocycles. The number of rotatable bonds is 5. The largest absolute Gasteiger partial charge is 0.330 e. The Hall–Kier alpha value is 0.0500. The van der Waals surface area contributed by atoms with Crippen LogP contribution in [0.1, 0.15) is 54.9 Å². The zero-order valence-electron chi connectivity index (χ0n) is 12.6. The zero-order valence-corrected chi connectivity index (χ0v) is 13.4. The van der Waals surface area contributed by atoms with E-state index in [1.54, 1.807) is 0 Å². The highest BCUT2D eigenvalue weighted by molar-refractivity contribution is 7.93. The van der Waals surface area contributed by atoms with Crippen molar-refractivity contribution in [2.24, 2.45) is 22.7 Å². The monoisotopic (exact) mass is 258 g/mol. The summed E-state index contributed by atoms with van der Waals surface area (Å²) in [5, 5.41) is 0. The van der Waals surface area contributed by atoms with Crippen molar-refractivity contribution in [3.05, 3.63) is 12.2 Å². The first-order valence-corrected chi connectivity index (χ1v) is 7.46. The molecule has 1 nitrogen and oxygen atoms in total. The zero-order chi connectivity index (χ0) is 13.7. The molecule has 0 heterocycles. The average Bonchev–Trinajstić information content (AvgIpc) is 2.13. The smallest absolute Gasteiger partial charge is 0.0231 e. The topological polar surface area (TPSA) is 20.2 Å². The number of allylic oxidation sites excluding steroid dienone is 2. The van der Waals surface area contributed by atoms with E-state index in [1.807, 2.05) is 0 Å². The summed E-state index contributed by atoms with van der Waals surface area (Å²) < 4.78 is 9.03. The highest BCUT2D eigenvalue weighted by Crippen LogP contribution is 2.32. The van der Waals surface area contributed by atoms with Crippen molar-refractivity contribution >= 4 is 12.0 Å². The van der Waals surface area contributed by atoms with E-state index in [1.165, 1.54) is 0 Å². The van der Waals surface area contributed by atoms with E-state index in [2.05, 4.69) is 60.6 Å². The molecule has 0 radical (unpaired) electrons. The van der Waals surface area contributed by atoms with E-state index in [0.717, 1.165) is 24.2 Å². The van der Waals surface area contributed by atoms with Crippen molar-refractivity contribution in [1.29, 1.82) is 0 Å². The molecule has 2 unspecified atom stereocenters. The summed E-state index contributed by atoms with van der Waals surface area (Å²) in [5.41, 5.74) is 0.588. The summed E-state index contributed by atoms with van der Waals surface area (Å²) >= 11 is 0.967. The van der Waals surface area contributed by atoms with E-state index < -0.39 is 0 Å². The maximum absolute atomic E-state index is 9.03. The molecule has 0 aliphatic carbocycles. The van der Waals surface area contributed by atoms with Crippen LogP contribution in [-0.4, -0.2) is 10.3 Å². The molecule has 2 atom stereocenters. The van der Waals surface area contributed by atoms with Crippen LogP contribution >= 0.6 is 12.0 Å². The Kier molecular flexibility index (Phi) is 6.86. The Labute approximate surface area is 112 Å². The lowest BCUT2D eigenvalue weighted by molar-refractivity contribution is 0.266. The van der Waals surface area contributed by atoms with Crippen molar-refractivity contribution < 1.29 is 4.55 Å². The second kappa shape index (κ2) is 6.84. The Morgan fingerprint density at radius 2 is 1.59 bits per heavy atom. The molecule has 0 bridgehead atoms. The Morgan fingerprint density at radius 3 is 1.94 bits per heavy atom. The lowest BCUT2D eigenvalue weighted by Crippen LogP contribution is -2.22. The fraction of sp³-hybridized carbons (Fsp3) is 0.867. The van der Waals surface area contributed by atoms with Gasteiger partial charge in [-0.05, 0) is 41.1 Å². The lowest BCUT2D eigenvalue weighted by Gasteiger charge is -2.29. The van der Waals surface area contributed by atoms with E-state index in [9.17, 15) is 0 Å². The van der Waals surface area contributed by atoms with Gasteiger partial charge in [-0.25, -0.2) is 0 Å². The van der Waals surface area contributed by atoms with Gasteiger partial charge in [0.25, 0.3) is 0 Å². The van der Waals surface area contributed by atoms with Crippen molar-refractivity contribution in [3.63, 3.8) is 0 Å². The highest BCUT2D eigenvalue weighted by atomic mass is 32.2. The molecule has 102 valence electrons. The quantitative estimate of drug-likeness (QED) is 0.520. The summed E-state index contributed by atoms with van der Waals surface area (Å²) in [6.07, 6.45) is 5.67. The number of hydrogen-bond donors (Lipinski definition) is 1. The van der Waals surface area contributed by atoms with Crippen LogP contribution in [0, 0.1) is 22.7 Å². The van der Waals surface area contributed by atoms with E-state index in [0.29, 0.717) is 17.3 Å². The molecule has 17 heavy (non-hydrogen) atoms. The SMILES string of the molecule is CC(/C=C\CC(CSO)C(C)(C)C)C(C)(C)C. The molecular weight excluding hydrogens is 228 g/mol. The van der Waals surface area contributed by atoms with Crippen LogP contribution in [-0.2, 0) is 0 Å². The molecule has 0 aromatic heterocycles. The van der Waals surface area contributed by atoms with Crippen molar-refractivity contribution in [3.8, 4) is 0 Å². The molecule has 0 aliphatic rings. The lowest BCUT2D eigenvalue weighted by atomic mass is 9.78. The summed E-state index contributed by atoms with van der Waals surface area (Å²) in [7, 11) is 0. The van der Waals surface area contributed by atoms with Gasteiger partial charge < -0.3 is 4.55 Å². The summed E-state index contributed by atoms with van der Waals surface area (Å²) in [4.78, 5) is 0. The van der Waals surface area contributed by atoms with Gasteiger partial charge in [0.15, 0.2) is 0 Å². The van der Waals surface area contributed by atoms with Crippen molar-refractivity contribution in [2.45, 2.75) is 54.9 Å². The molecule has 1 N–H and O–H groups in total. The first-order chi connectivity index (χ1) is 7.59. The fourth-order valence-corrected chi connectivity index (χ4v) is 2.31. The predicted octanol–water partition coefficient (Wildman–Crippen LogP) is 5.48. The summed E-state index contributed by atoms with van der Waals surface area (Å²) in [5.74, 6) is 1.93. The van der Waals surface area contributed by atoms with Gasteiger partial charge in [-0.3, -0.25) is 0 Å². The third-order valence-corrected chi connectivity index (χ3v) is 4.26. The van der Waals surface area contributed by atoms with Gasteiger partial charge in [0.05, 0.1) is 0 Å². The van der Waals surface area contributed by atoms with Crippen molar-refractivity contribution in [1.82, 2.24) is 0 Å². The Morgan fingerprint density at radius 1 is 1.06 bits per heavy atom. The van der Waals surface area contributed by atoms with Crippen LogP contribution in [0.15, 0.2) is 12.2 Å². The minimum atomic E-state index is 0.255. The maximum Gasteiger partial charge on any atom is 0.0231 e. The third kappa shape index (κ3) is 7.15. The van der Waals surface area contributed by atoms with Gasteiger partial charge in [-0.15, -0.1) is 0 Å². The Bertz CT molecular complexity index is 232. The molecule has 0 rings (SSSR count). The molecule has 0 aromatic carbocycles. The van der Waals surface area contributed by atoms with Gasteiger partial charge in [-0.1, -0.05) is 60.6 Å². The predicted molar refractivity (Wildman–Crippen MR) is 80.4 cm³/mol. The minimum Gasteiger partial charge on any atom is -0.330 e. The Balaban J connectivity index is 4.36.